The number of nitrogens with zero attached hydrogens (tertiary/aromatic N) is 1. The van der Waals surface area contributed by atoms with Crippen molar-refractivity contribution in [1.82, 2.24) is 0 Å². The number of carboxylic acid groups (broad SMARTS) is 1. The third kappa shape index (κ3) is 2.54. The lowest BCUT2D eigenvalue weighted by Crippen LogP contribution is -2.03. The summed E-state index contributed by atoms with van der Waals surface area (Å²) < 4.78 is 0. The molecular formula is C15H13Cl2NO2. The largest absolute Gasteiger partial charge is 0.481 e. The van der Waals surface area contributed by atoms with Crippen molar-refractivity contribution >= 4 is 34.7 Å². The van der Waals surface area contributed by atoms with Gasteiger partial charge in [0.1, 0.15) is 0 Å². The maximum Gasteiger partial charge on any atom is 0.307 e. The molecule has 1 aliphatic carbocycles. The van der Waals surface area contributed by atoms with Crippen LogP contribution in [0, 0.1) is 28.6 Å². The highest BCUT2D eigenvalue weighted by molar-refractivity contribution is 6.35. The molecule has 0 spiro atoms. The second-order valence-corrected chi connectivity index (χ2v) is 6.32. The van der Waals surface area contributed by atoms with Crippen LogP contribution in [0.1, 0.15) is 19.4 Å². The quantitative estimate of drug-likeness (QED) is 0.849. The number of nitriles is 1. The molecule has 0 heterocycles. The number of hydrogen-bond donors (Lipinski definition) is 1. The first-order chi connectivity index (χ1) is 9.28. The van der Waals surface area contributed by atoms with Gasteiger partial charge in [0, 0.05) is 10.6 Å². The Morgan fingerprint density at radius 2 is 2.10 bits per heavy atom. The standard InChI is InChI=1S/C15H13Cl2NO2/c1-15(2)11(13(15)14(19)20)5-8(7-18)10-4-3-9(16)6-12(10)17/h3-6,11,13H,1-2H3,(H,19,20)/b8-5+/t11-,13+/m0/s1. The van der Waals surface area contributed by atoms with E-state index < -0.39 is 11.9 Å². The lowest BCUT2D eigenvalue weighted by molar-refractivity contribution is -0.139. The van der Waals surface area contributed by atoms with Crippen LogP contribution in [0.3, 0.4) is 0 Å². The Morgan fingerprint density at radius 1 is 1.45 bits per heavy atom. The smallest absolute Gasteiger partial charge is 0.307 e. The van der Waals surface area contributed by atoms with Crippen LogP contribution in [0.2, 0.25) is 10.0 Å². The van der Waals surface area contributed by atoms with Gasteiger partial charge in [0.25, 0.3) is 0 Å². The topological polar surface area (TPSA) is 61.1 Å². The molecule has 1 aliphatic rings. The molecule has 0 unspecified atom stereocenters. The van der Waals surface area contributed by atoms with Crippen LogP contribution in [-0.2, 0) is 4.79 Å². The van der Waals surface area contributed by atoms with Crippen LogP contribution in [0.5, 0.6) is 0 Å². The van der Waals surface area contributed by atoms with Gasteiger partial charge in [-0.25, -0.2) is 0 Å². The van der Waals surface area contributed by atoms with Crippen molar-refractivity contribution in [2.45, 2.75) is 13.8 Å². The Kier molecular flexibility index (Phi) is 3.82. The van der Waals surface area contributed by atoms with Crippen LogP contribution < -0.4 is 0 Å². The number of hydrogen-bond acceptors (Lipinski definition) is 2. The van der Waals surface area contributed by atoms with E-state index >= 15 is 0 Å². The molecule has 1 N–H and O–H groups in total. The van der Waals surface area contributed by atoms with E-state index in [1.165, 1.54) is 0 Å². The van der Waals surface area contributed by atoms with E-state index in [1.807, 2.05) is 13.8 Å². The van der Waals surface area contributed by atoms with E-state index in [1.54, 1.807) is 24.3 Å². The Balaban J connectivity index is 2.37. The van der Waals surface area contributed by atoms with E-state index in [-0.39, 0.29) is 11.3 Å². The summed E-state index contributed by atoms with van der Waals surface area (Å²) in [5, 5.41) is 19.3. The molecule has 1 aromatic rings. The van der Waals surface area contributed by atoms with Crippen molar-refractivity contribution in [3.05, 3.63) is 39.9 Å². The molecule has 2 rings (SSSR count). The third-order valence-corrected chi connectivity index (χ3v) is 4.41. The van der Waals surface area contributed by atoms with E-state index in [0.717, 1.165) is 0 Å². The minimum absolute atomic E-state index is 0.165. The molecule has 1 saturated carbocycles. The number of allylic oxidation sites excluding steroid dienone is 2. The molecule has 3 nitrogen and oxygen atoms in total. The summed E-state index contributed by atoms with van der Waals surface area (Å²) in [4.78, 5) is 11.1. The molecule has 5 heteroatoms. The molecular weight excluding hydrogens is 297 g/mol. The average molecular weight is 310 g/mol. The van der Waals surface area contributed by atoms with E-state index in [9.17, 15) is 10.1 Å². The van der Waals surface area contributed by atoms with Gasteiger partial charge in [-0.1, -0.05) is 49.2 Å². The van der Waals surface area contributed by atoms with Crippen LogP contribution in [0.15, 0.2) is 24.3 Å². The van der Waals surface area contributed by atoms with Crippen molar-refractivity contribution in [1.29, 1.82) is 5.26 Å². The molecule has 0 amide bonds. The molecule has 0 aliphatic heterocycles. The number of carbonyl (C=O) groups is 1. The SMILES string of the molecule is CC1(C)[C@@H](/C=C(\C#N)c2ccc(Cl)cc2Cl)[C@@H]1C(=O)O. The number of rotatable bonds is 3. The molecule has 1 fully saturated rings. The Hall–Kier alpha value is -1.50. The first kappa shape index (κ1) is 14.9. The van der Waals surface area contributed by atoms with E-state index in [0.29, 0.717) is 21.2 Å². The van der Waals surface area contributed by atoms with E-state index in [4.69, 9.17) is 28.3 Å². The van der Waals surface area contributed by atoms with Crippen LogP contribution in [0.4, 0.5) is 0 Å². The van der Waals surface area contributed by atoms with Gasteiger partial charge in [0.2, 0.25) is 0 Å². The zero-order chi connectivity index (χ0) is 15.1. The summed E-state index contributed by atoms with van der Waals surface area (Å²) in [5.41, 5.74) is 0.617. The molecule has 1 aromatic carbocycles. The Bertz CT molecular complexity index is 644. The first-order valence-corrected chi connectivity index (χ1v) is 6.84. The summed E-state index contributed by atoms with van der Waals surface area (Å²) in [6, 6.07) is 6.98. The first-order valence-electron chi connectivity index (χ1n) is 6.09. The maximum atomic E-state index is 11.1. The number of aliphatic carboxylic acids is 1. The Labute approximate surface area is 127 Å². The predicted octanol–water partition coefficient (Wildman–Crippen LogP) is 4.26. The van der Waals surface area contributed by atoms with Gasteiger partial charge in [-0.15, -0.1) is 0 Å². The van der Waals surface area contributed by atoms with Crippen molar-refractivity contribution in [3.8, 4) is 6.07 Å². The number of carboxylic acids is 1. The van der Waals surface area contributed by atoms with Crippen molar-refractivity contribution in [2.24, 2.45) is 17.3 Å². The molecule has 0 saturated heterocycles. The molecule has 104 valence electrons. The van der Waals surface area contributed by atoms with Crippen LogP contribution in [-0.4, -0.2) is 11.1 Å². The Morgan fingerprint density at radius 3 is 2.55 bits per heavy atom. The lowest BCUT2D eigenvalue weighted by atomic mass is 10.0. The van der Waals surface area contributed by atoms with E-state index in [2.05, 4.69) is 6.07 Å². The second-order valence-electron chi connectivity index (χ2n) is 5.48. The minimum atomic E-state index is -0.837. The average Bonchev–Trinajstić information content (AvgIpc) is 2.88. The van der Waals surface area contributed by atoms with Crippen molar-refractivity contribution in [2.75, 3.05) is 0 Å². The molecule has 20 heavy (non-hydrogen) atoms. The minimum Gasteiger partial charge on any atom is -0.481 e. The van der Waals surface area contributed by atoms with Crippen LogP contribution >= 0.6 is 23.2 Å². The molecule has 0 bridgehead atoms. The van der Waals surface area contributed by atoms with Gasteiger partial charge in [0.05, 0.1) is 22.6 Å². The molecule has 0 radical (unpaired) electrons. The zero-order valence-electron chi connectivity index (χ0n) is 11.0. The highest BCUT2D eigenvalue weighted by atomic mass is 35.5. The summed E-state index contributed by atoms with van der Waals surface area (Å²) in [7, 11) is 0. The number of halogens is 2. The normalized spacial score (nSPS) is 24.1. The molecule has 2 atom stereocenters. The predicted molar refractivity (Wildman–Crippen MR) is 78.4 cm³/mol. The zero-order valence-corrected chi connectivity index (χ0v) is 12.5. The highest BCUT2D eigenvalue weighted by Crippen LogP contribution is 2.59. The highest BCUT2D eigenvalue weighted by Gasteiger charge is 2.61. The monoisotopic (exact) mass is 309 g/mol. The summed E-state index contributed by atoms with van der Waals surface area (Å²) in [6.07, 6.45) is 1.70. The van der Waals surface area contributed by atoms with Crippen molar-refractivity contribution in [3.63, 3.8) is 0 Å². The molecule has 0 aromatic heterocycles. The van der Waals surface area contributed by atoms with Crippen molar-refractivity contribution < 1.29 is 9.90 Å². The summed E-state index contributed by atoms with van der Waals surface area (Å²) >= 11 is 11.9. The van der Waals surface area contributed by atoms with Gasteiger partial charge < -0.3 is 5.11 Å². The van der Waals surface area contributed by atoms with Gasteiger partial charge in [0.15, 0.2) is 0 Å². The number of benzene rings is 1. The lowest BCUT2D eigenvalue weighted by Gasteiger charge is -2.04. The van der Waals surface area contributed by atoms with Crippen LogP contribution in [0.25, 0.3) is 5.57 Å². The summed E-state index contributed by atoms with van der Waals surface area (Å²) in [5.74, 6) is -1.46. The third-order valence-electron chi connectivity index (χ3n) is 3.86. The fourth-order valence-electron chi connectivity index (χ4n) is 2.54. The van der Waals surface area contributed by atoms with Gasteiger partial charge in [-0.2, -0.15) is 5.26 Å². The second kappa shape index (κ2) is 5.12. The summed E-state index contributed by atoms with van der Waals surface area (Å²) in [6.45, 7) is 3.76. The van der Waals surface area contributed by atoms with Gasteiger partial charge in [-0.3, -0.25) is 4.79 Å². The van der Waals surface area contributed by atoms with Gasteiger partial charge >= 0.3 is 5.97 Å². The fourth-order valence-corrected chi connectivity index (χ4v) is 3.05. The van der Waals surface area contributed by atoms with Gasteiger partial charge in [-0.05, 0) is 23.5 Å². The fraction of sp³-hybridized carbons (Fsp3) is 0.333. The maximum absolute atomic E-state index is 11.1.